The minimum Gasteiger partial charge on any atom is -0.461 e. The molecule has 0 atom stereocenters. The van der Waals surface area contributed by atoms with Crippen LogP contribution >= 0.6 is 11.6 Å². The first kappa shape index (κ1) is 15.8. The van der Waals surface area contributed by atoms with E-state index in [4.69, 9.17) is 16.3 Å². The predicted molar refractivity (Wildman–Crippen MR) is 62.5 cm³/mol. The Balaban J connectivity index is 2.80. The van der Waals surface area contributed by atoms with E-state index in [2.05, 4.69) is 5.10 Å². The quantitative estimate of drug-likeness (QED) is 0.783. The normalized spacial score (nSPS) is 11.7. The number of aromatic nitrogens is 2. The molecule has 0 saturated carbocycles. The second kappa shape index (κ2) is 6.27. The van der Waals surface area contributed by atoms with Gasteiger partial charge < -0.3 is 4.74 Å². The first-order valence-electron chi connectivity index (χ1n) is 5.71. The Labute approximate surface area is 113 Å². The Hall–Kier alpha value is -1.24. The molecule has 0 saturated heterocycles. The predicted octanol–water partition coefficient (Wildman–Crippen LogP) is 3.33. The summed E-state index contributed by atoms with van der Waals surface area (Å²) in [6, 6.07) is 0. The van der Waals surface area contributed by atoms with E-state index in [-0.39, 0.29) is 17.1 Å². The van der Waals surface area contributed by atoms with Crippen LogP contribution in [0.5, 0.6) is 0 Å². The van der Waals surface area contributed by atoms with Gasteiger partial charge in [0, 0.05) is 13.5 Å². The zero-order valence-corrected chi connectivity index (χ0v) is 11.3. The highest BCUT2D eigenvalue weighted by Gasteiger charge is 2.38. The van der Waals surface area contributed by atoms with E-state index in [0.717, 1.165) is 11.1 Å². The summed E-state index contributed by atoms with van der Waals surface area (Å²) in [6.45, 7) is 1.37. The molecule has 0 spiro atoms. The fourth-order valence-corrected chi connectivity index (χ4v) is 1.63. The molecule has 19 heavy (non-hydrogen) atoms. The molecule has 1 heterocycles. The lowest BCUT2D eigenvalue weighted by Gasteiger charge is -2.07. The van der Waals surface area contributed by atoms with E-state index in [0.29, 0.717) is 6.42 Å². The second-order valence-corrected chi connectivity index (χ2v) is 4.36. The molecule has 0 aliphatic heterocycles. The molecular formula is C11H14ClF3N2O2. The Morgan fingerprint density at radius 1 is 1.47 bits per heavy atom. The van der Waals surface area contributed by atoms with Crippen molar-refractivity contribution in [3.05, 3.63) is 16.4 Å². The molecular weight excluding hydrogens is 285 g/mol. The van der Waals surface area contributed by atoms with Crippen LogP contribution in [0.1, 0.15) is 37.4 Å². The highest BCUT2D eigenvalue weighted by Crippen LogP contribution is 2.34. The molecule has 0 bridgehead atoms. The summed E-state index contributed by atoms with van der Waals surface area (Å²) in [6.07, 6.45) is -3.02. The van der Waals surface area contributed by atoms with Gasteiger partial charge in [0.2, 0.25) is 0 Å². The summed E-state index contributed by atoms with van der Waals surface area (Å²) < 4.78 is 43.8. The standard InChI is InChI=1S/C11H14ClF3N2O2/c1-3-4-5-8(18)19-6-7-9(11(13,14)15)16-17(2)10(7)12/h3-6H2,1-2H3. The number of aryl methyl sites for hydroxylation is 1. The largest absolute Gasteiger partial charge is 0.461 e. The van der Waals surface area contributed by atoms with Crippen LogP contribution in [0.4, 0.5) is 13.2 Å². The number of esters is 1. The van der Waals surface area contributed by atoms with Gasteiger partial charge >= 0.3 is 12.1 Å². The van der Waals surface area contributed by atoms with Gasteiger partial charge in [0.25, 0.3) is 0 Å². The van der Waals surface area contributed by atoms with Crippen molar-refractivity contribution in [2.45, 2.75) is 39.0 Å². The summed E-state index contributed by atoms with van der Waals surface area (Å²) in [7, 11) is 1.29. The monoisotopic (exact) mass is 298 g/mol. The Kier molecular flexibility index (Phi) is 5.22. The molecule has 0 unspecified atom stereocenters. The number of carbonyl (C=O) groups excluding carboxylic acids is 1. The fourth-order valence-electron chi connectivity index (χ4n) is 1.45. The molecule has 1 rings (SSSR count). The van der Waals surface area contributed by atoms with E-state index >= 15 is 0 Å². The van der Waals surface area contributed by atoms with Gasteiger partial charge in [0.1, 0.15) is 11.8 Å². The van der Waals surface area contributed by atoms with E-state index < -0.39 is 24.4 Å². The van der Waals surface area contributed by atoms with Crippen LogP contribution in [0, 0.1) is 0 Å². The summed E-state index contributed by atoms with van der Waals surface area (Å²) in [5, 5.41) is 3.11. The minimum atomic E-state index is -4.63. The summed E-state index contributed by atoms with van der Waals surface area (Å²) in [4.78, 5) is 11.3. The minimum absolute atomic E-state index is 0.176. The average Bonchev–Trinajstić information content (AvgIpc) is 2.60. The van der Waals surface area contributed by atoms with Crippen molar-refractivity contribution < 1.29 is 22.7 Å². The maximum atomic E-state index is 12.7. The van der Waals surface area contributed by atoms with Crippen molar-refractivity contribution in [2.75, 3.05) is 0 Å². The SMILES string of the molecule is CCCCC(=O)OCc1c(C(F)(F)F)nn(C)c1Cl. The third-order valence-electron chi connectivity index (χ3n) is 2.45. The lowest BCUT2D eigenvalue weighted by Crippen LogP contribution is -2.11. The molecule has 0 aliphatic rings. The highest BCUT2D eigenvalue weighted by molar-refractivity contribution is 6.30. The number of halogens is 4. The van der Waals surface area contributed by atoms with Crippen molar-refractivity contribution in [1.82, 2.24) is 9.78 Å². The third-order valence-corrected chi connectivity index (χ3v) is 2.92. The number of ether oxygens (including phenoxy) is 1. The Morgan fingerprint density at radius 2 is 2.11 bits per heavy atom. The van der Waals surface area contributed by atoms with Crippen LogP contribution in [0.25, 0.3) is 0 Å². The van der Waals surface area contributed by atoms with Crippen LogP contribution in [-0.4, -0.2) is 15.7 Å². The lowest BCUT2D eigenvalue weighted by molar-refractivity contribution is -0.149. The summed E-state index contributed by atoms with van der Waals surface area (Å²) in [5.41, 5.74) is -1.44. The van der Waals surface area contributed by atoms with Crippen molar-refractivity contribution in [3.63, 3.8) is 0 Å². The van der Waals surface area contributed by atoms with Gasteiger partial charge in [-0.2, -0.15) is 18.3 Å². The molecule has 4 nitrogen and oxygen atoms in total. The molecule has 108 valence electrons. The first-order chi connectivity index (χ1) is 8.77. The third kappa shape index (κ3) is 4.12. The molecule has 1 aromatic heterocycles. The number of hydrogen-bond acceptors (Lipinski definition) is 3. The van der Waals surface area contributed by atoms with E-state index in [1.165, 1.54) is 7.05 Å². The van der Waals surface area contributed by atoms with Crippen LogP contribution in [-0.2, 0) is 29.4 Å². The van der Waals surface area contributed by atoms with E-state index in [1.54, 1.807) is 0 Å². The first-order valence-corrected chi connectivity index (χ1v) is 6.09. The van der Waals surface area contributed by atoms with Crippen molar-refractivity contribution >= 4 is 17.6 Å². The number of unbranched alkanes of at least 4 members (excludes halogenated alkanes) is 1. The van der Waals surface area contributed by atoms with Crippen LogP contribution in [0.15, 0.2) is 0 Å². The van der Waals surface area contributed by atoms with Gasteiger partial charge in [0.15, 0.2) is 5.69 Å². The van der Waals surface area contributed by atoms with Gasteiger partial charge in [-0.25, -0.2) is 0 Å². The van der Waals surface area contributed by atoms with Gasteiger partial charge in [-0.05, 0) is 6.42 Å². The van der Waals surface area contributed by atoms with Crippen molar-refractivity contribution in [2.24, 2.45) is 7.05 Å². The van der Waals surface area contributed by atoms with Crippen LogP contribution in [0.2, 0.25) is 5.15 Å². The smallest absolute Gasteiger partial charge is 0.435 e. The zero-order chi connectivity index (χ0) is 14.6. The molecule has 1 aromatic rings. The number of nitrogens with zero attached hydrogens (tertiary/aromatic N) is 2. The Bertz CT molecular complexity index is 458. The van der Waals surface area contributed by atoms with Gasteiger partial charge in [-0.15, -0.1) is 0 Å². The van der Waals surface area contributed by atoms with Crippen LogP contribution < -0.4 is 0 Å². The molecule has 8 heteroatoms. The number of carbonyl (C=O) groups is 1. The number of hydrogen-bond donors (Lipinski definition) is 0. The van der Waals surface area contributed by atoms with E-state index in [1.807, 2.05) is 6.92 Å². The molecule has 0 fully saturated rings. The fraction of sp³-hybridized carbons (Fsp3) is 0.636. The second-order valence-electron chi connectivity index (χ2n) is 4.00. The molecule has 0 N–H and O–H groups in total. The molecule has 0 aromatic carbocycles. The number of rotatable bonds is 5. The van der Waals surface area contributed by atoms with Crippen molar-refractivity contribution in [3.8, 4) is 0 Å². The summed E-state index contributed by atoms with van der Waals surface area (Å²) >= 11 is 5.72. The maximum absolute atomic E-state index is 12.7. The molecule has 0 radical (unpaired) electrons. The van der Waals surface area contributed by atoms with Gasteiger partial charge in [-0.1, -0.05) is 24.9 Å². The zero-order valence-electron chi connectivity index (χ0n) is 10.6. The topological polar surface area (TPSA) is 44.1 Å². The lowest BCUT2D eigenvalue weighted by atomic mass is 10.2. The maximum Gasteiger partial charge on any atom is 0.435 e. The Morgan fingerprint density at radius 3 is 2.63 bits per heavy atom. The summed E-state index contributed by atoms with van der Waals surface area (Å²) in [5.74, 6) is -0.546. The average molecular weight is 299 g/mol. The van der Waals surface area contributed by atoms with Gasteiger partial charge in [-0.3, -0.25) is 9.48 Å². The highest BCUT2D eigenvalue weighted by atomic mass is 35.5. The molecule has 0 aliphatic carbocycles. The van der Waals surface area contributed by atoms with Crippen molar-refractivity contribution in [1.29, 1.82) is 0 Å². The van der Waals surface area contributed by atoms with Gasteiger partial charge in [0.05, 0.1) is 5.56 Å². The van der Waals surface area contributed by atoms with E-state index in [9.17, 15) is 18.0 Å². The van der Waals surface area contributed by atoms with Crippen LogP contribution in [0.3, 0.4) is 0 Å². The molecule has 0 amide bonds. The number of alkyl halides is 3.